The van der Waals surface area contributed by atoms with Gasteiger partial charge < -0.3 is 24.6 Å². The quantitative estimate of drug-likeness (QED) is 0.844. The molecule has 0 bridgehead atoms. The second-order valence-electron chi connectivity index (χ2n) is 6.79. The van der Waals surface area contributed by atoms with E-state index in [-0.39, 0.29) is 6.61 Å². The molecule has 1 aromatic carbocycles. The third-order valence-electron chi connectivity index (χ3n) is 4.34. The molecule has 1 heterocycles. The summed E-state index contributed by atoms with van der Waals surface area (Å²) in [5.74, 6) is 1.57. The van der Waals surface area contributed by atoms with Gasteiger partial charge in [-0.2, -0.15) is 0 Å². The number of para-hydroxylation sites is 1. The molecule has 2 aliphatic rings. The van der Waals surface area contributed by atoms with Gasteiger partial charge in [0.05, 0.1) is 0 Å². The van der Waals surface area contributed by atoms with Crippen molar-refractivity contribution in [1.82, 2.24) is 5.32 Å². The number of ether oxygens (including phenoxy) is 3. The number of rotatable bonds is 6. The maximum absolute atomic E-state index is 9.99. The van der Waals surface area contributed by atoms with Gasteiger partial charge in [0.25, 0.3) is 5.79 Å². The smallest absolute Gasteiger partial charge is 0.251 e. The van der Waals surface area contributed by atoms with Crippen LogP contribution < -0.4 is 19.5 Å². The monoisotopic (exact) mass is 321 g/mol. The van der Waals surface area contributed by atoms with E-state index in [1.807, 2.05) is 32.0 Å². The Morgan fingerprint density at radius 3 is 2.74 bits per heavy atom. The van der Waals surface area contributed by atoms with Crippen LogP contribution in [0.4, 0.5) is 0 Å². The first kappa shape index (κ1) is 16.4. The first-order chi connectivity index (χ1) is 11.1. The fraction of sp³-hybridized carbons (Fsp3) is 0.667. The van der Waals surface area contributed by atoms with Crippen molar-refractivity contribution >= 4 is 0 Å². The van der Waals surface area contributed by atoms with Gasteiger partial charge in [0, 0.05) is 25.4 Å². The summed E-state index contributed by atoms with van der Waals surface area (Å²) in [5, 5.41) is 13.2. The molecule has 2 N–H and O–H groups in total. The van der Waals surface area contributed by atoms with Crippen LogP contribution in [0.15, 0.2) is 18.2 Å². The summed E-state index contributed by atoms with van der Waals surface area (Å²) in [5.41, 5.74) is 0. The molecule has 1 aromatic rings. The molecule has 0 amide bonds. The average molecular weight is 321 g/mol. The fourth-order valence-corrected chi connectivity index (χ4v) is 3.11. The van der Waals surface area contributed by atoms with Crippen LogP contribution in [0.25, 0.3) is 0 Å². The SMILES string of the molecule is CC(C)NCC(O)COc1cccc2c1OC1(CCCCC1)O2. The number of aliphatic hydroxyl groups excluding tert-OH is 1. The second-order valence-corrected chi connectivity index (χ2v) is 6.79. The van der Waals surface area contributed by atoms with E-state index in [1.54, 1.807) is 0 Å². The Morgan fingerprint density at radius 2 is 2.00 bits per heavy atom. The summed E-state index contributed by atoms with van der Waals surface area (Å²) in [4.78, 5) is 0. The Hall–Kier alpha value is -1.46. The molecular formula is C18H27NO4. The largest absolute Gasteiger partial charge is 0.487 e. The van der Waals surface area contributed by atoms with Gasteiger partial charge in [0.2, 0.25) is 5.75 Å². The Kier molecular flexibility index (Phi) is 4.97. The van der Waals surface area contributed by atoms with Crippen LogP contribution >= 0.6 is 0 Å². The number of nitrogens with one attached hydrogen (secondary N) is 1. The molecule has 23 heavy (non-hydrogen) atoms. The van der Waals surface area contributed by atoms with Crippen LogP contribution in [-0.2, 0) is 0 Å². The minimum absolute atomic E-state index is 0.229. The Bertz CT molecular complexity index is 526. The predicted octanol–water partition coefficient (Wildman–Crippen LogP) is 2.86. The van der Waals surface area contributed by atoms with Crippen molar-refractivity contribution in [2.75, 3.05) is 13.2 Å². The van der Waals surface area contributed by atoms with Crippen LogP contribution in [0, 0.1) is 0 Å². The molecule has 5 nitrogen and oxygen atoms in total. The van der Waals surface area contributed by atoms with Gasteiger partial charge in [-0.1, -0.05) is 26.3 Å². The zero-order valence-corrected chi connectivity index (χ0v) is 14.0. The molecule has 0 saturated heterocycles. The summed E-state index contributed by atoms with van der Waals surface area (Å²) in [7, 11) is 0. The van der Waals surface area contributed by atoms with E-state index in [0.717, 1.165) is 31.4 Å². The fourth-order valence-electron chi connectivity index (χ4n) is 3.11. The molecule has 3 rings (SSSR count). The lowest BCUT2D eigenvalue weighted by Crippen LogP contribution is -2.40. The maximum Gasteiger partial charge on any atom is 0.251 e. The van der Waals surface area contributed by atoms with Crippen molar-refractivity contribution in [3.8, 4) is 17.2 Å². The van der Waals surface area contributed by atoms with Crippen LogP contribution in [0.3, 0.4) is 0 Å². The van der Waals surface area contributed by atoms with Crippen molar-refractivity contribution in [3.05, 3.63) is 18.2 Å². The summed E-state index contributed by atoms with van der Waals surface area (Å²) in [6.07, 6.45) is 4.78. The zero-order valence-electron chi connectivity index (χ0n) is 14.0. The first-order valence-electron chi connectivity index (χ1n) is 8.63. The van der Waals surface area contributed by atoms with Gasteiger partial charge >= 0.3 is 0 Å². The summed E-state index contributed by atoms with van der Waals surface area (Å²) in [6.45, 7) is 4.83. The molecule has 5 heteroatoms. The third-order valence-corrected chi connectivity index (χ3v) is 4.34. The lowest BCUT2D eigenvalue weighted by molar-refractivity contribution is -0.106. The van der Waals surface area contributed by atoms with Crippen LogP contribution in [0.1, 0.15) is 46.0 Å². The lowest BCUT2D eigenvalue weighted by Gasteiger charge is -2.31. The van der Waals surface area contributed by atoms with E-state index < -0.39 is 11.9 Å². The molecule has 1 unspecified atom stereocenters. The number of benzene rings is 1. The van der Waals surface area contributed by atoms with Gasteiger partial charge in [0.15, 0.2) is 11.5 Å². The normalized spacial score (nSPS) is 20.0. The lowest BCUT2D eigenvalue weighted by atomic mass is 9.94. The topological polar surface area (TPSA) is 60.0 Å². The minimum atomic E-state index is -0.556. The summed E-state index contributed by atoms with van der Waals surface area (Å²) in [6, 6.07) is 6.03. The molecule has 1 fully saturated rings. The third kappa shape index (κ3) is 3.90. The van der Waals surface area contributed by atoms with Crippen LogP contribution in [-0.4, -0.2) is 36.2 Å². The molecule has 128 valence electrons. The highest BCUT2D eigenvalue weighted by Gasteiger charge is 2.43. The van der Waals surface area contributed by atoms with Gasteiger partial charge in [-0.15, -0.1) is 0 Å². The zero-order chi connectivity index (χ0) is 16.3. The van der Waals surface area contributed by atoms with Crippen molar-refractivity contribution in [2.45, 2.75) is 63.9 Å². The molecule has 1 aliphatic carbocycles. The van der Waals surface area contributed by atoms with Gasteiger partial charge in [0.1, 0.15) is 12.7 Å². The van der Waals surface area contributed by atoms with Crippen LogP contribution in [0.2, 0.25) is 0 Å². The Labute approximate surface area is 137 Å². The summed E-state index contributed by atoms with van der Waals surface area (Å²) >= 11 is 0. The van der Waals surface area contributed by atoms with E-state index in [9.17, 15) is 5.11 Å². The number of hydrogen-bond donors (Lipinski definition) is 2. The van der Waals surface area contributed by atoms with Gasteiger partial charge in [-0.05, 0) is 25.0 Å². The highest BCUT2D eigenvalue weighted by molar-refractivity contribution is 5.53. The van der Waals surface area contributed by atoms with Crippen LogP contribution in [0.5, 0.6) is 17.2 Å². The highest BCUT2D eigenvalue weighted by atomic mass is 16.7. The number of hydrogen-bond acceptors (Lipinski definition) is 5. The van der Waals surface area contributed by atoms with E-state index in [0.29, 0.717) is 24.1 Å². The standard InChI is InChI=1S/C18H27NO4/c1-13(2)19-11-14(20)12-21-15-7-6-8-16-17(15)23-18(22-16)9-4-3-5-10-18/h6-8,13-14,19-20H,3-5,9-12H2,1-2H3. The van der Waals surface area contributed by atoms with E-state index >= 15 is 0 Å². The van der Waals surface area contributed by atoms with Gasteiger partial charge in [-0.25, -0.2) is 0 Å². The second kappa shape index (κ2) is 6.97. The first-order valence-corrected chi connectivity index (χ1v) is 8.63. The average Bonchev–Trinajstić information content (AvgIpc) is 2.89. The van der Waals surface area contributed by atoms with E-state index in [4.69, 9.17) is 14.2 Å². The van der Waals surface area contributed by atoms with E-state index in [1.165, 1.54) is 6.42 Å². The van der Waals surface area contributed by atoms with Gasteiger partial charge in [-0.3, -0.25) is 0 Å². The number of aliphatic hydroxyl groups is 1. The van der Waals surface area contributed by atoms with E-state index in [2.05, 4.69) is 5.32 Å². The number of fused-ring (bicyclic) bond motifs is 1. The molecule has 0 aromatic heterocycles. The molecular weight excluding hydrogens is 294 g/mol. The molecule has 0 radical (unpaired) electrons. The Morgan fingerprint density at radius 1 is 1.22 bits per heavy atom. The van der Waals surface area contributed by atoms with Crippen molar-refractivity contribution in [1.29, 1.82) is 0 Å². The minimum Gasteiger partial charge on any atom is -0.487 e. The van der Waals surface area contributed by atoms with Crippen molar-refractivity contribution in [3.63, 3.8) is 0 Å². The van der Waals surface area contributed by atoms with Crippen molar-refractivity contribution in [2.24, 2.45) is 0 Å². The molecule has 1 aliphatic heterocycles. The molecule has 1 saturated carbocycles. The molecule has 1 atom stereocenters. The van der Waals surface area contributed by atoms with Crippen molar-refractivity contribution < 1.29 is 19.3 Å². The molecule has 1 spiro atoms. The maximum atomic E-state index is 9.99. The predicted molar refractivity (Wildman–Crippen MR) is 88.2 cm³/mol. The highest BCUT2D eigenvalue weighted by Crippen LogP contribution is 2.49. The summed E-state index contributed by atoms with van der Waals surface area (Å²) < 4.78 is 18.0. The Balaban J connectivity index is 1.61.